The van der Waals surface area contributed by atoms with E-state index >= 15 is 0 Å². The van der Waals surface area contributed by atoms with Gasteiger partial charge in [0.1, 0.15) is 11.4 Å². The molecule has 0 radical (unpaired) electrons. The molecular formula is C20H26BN3O5. The summed E-state index contributed by atoms with van der Waals surface area (Å²) in [5, 5.41) is 19.5. The molecule has 2 heterocycles. The summed E-state index contributed by atoms with van der Waals surface area (Å²) in [5.41, 5.74) is 2.60. The fraction of sp³-hybridized carbons (Fsp3) is 0.450. The molecule has 9 heteroatoms. The van der Waals surface area contributed by atoms with E-state index in [1.807, 2.05) is 13.0 Å². The molecule has 1 aromatic heterocycles. The second kappa shape index (κ2) is 9.34. The Morgan fingerprint density at radius 1 is 1.38 bits per heavy atom. The summed E-state index contributed by atoms with van der Waals surface area (Å²) in [7, 11) is 0.703. The Labute approximate surface area is 170 Å². The van der Waals surface area contributed by atoms with E-state index in [4.69, 9.17) is 9.39 Å². The Hall–Kier alpha value is -2.49. The van der Waals surface area contributed by atoms with Crippen LogP contribution in [0, 0.1) is 6.92 Å². The van der Waals surface area contributed by atoms with Gasteiger partial charge in [-0.15, -0.1) is 0 Å². The van der Waals surface area contributed by atoms with E-state index < -0.39 is 7.12 Å². The number of likely N-dealkylation sites (N-methyl/N-ethyl adjacent to an activating group) is 1. The van der Waals surface area contributed by atoms with Crippen LogP contribution in [0.4, 0.5) is 0 Å². The number of aliphatic hydroxyl groups is 1. The third-order valence-electron chi connectivity index (χ3n) is 5.23. The number of fused-ring (bicyclic) bond motifs is 1. The van der Waals surface area contributed by atoms with Gasteiger partial charge < -0.3 is 24.4 Å². The van der Waals surface area contributed by atoms with Gasteiger partial charge in [0.15, 0.2) is 0 Å². The van der Waals surface area contributed by atoms with E-state index in [0.29, 0.717) is 17.8 Å². The fourth-order valence-electron chi connectivity index (χ4n) is 3.38. The minimum absolute atomic E-state index is 0.0932. The predicted octanol–water partition coefficient (Wildman–Crippen LogP) is 1.42. The zero-order valence-corrected chi connectivity index (χ0v) is 17.0. The molecule has 29 heavy (non-hydrogen) atoms. The summed E-state index contributed by atoms with van der Waals surface area (Å²) in [4.78, 5) is 22.5. The first-order valence-corrected chi connectivity index (χ1v) is 9.76. The Bertz CT molecular complexity index is 862. The second-order valence-electron chi connectivity index (χ2n) is 7.16. The van der Waals surface area contributed by atoms with Crippen LogP contribution in [-0.4, -0.2) is 57.7 Å². The number of aliphatic hydroxyl groups excluding tert-OH is 1. The minimum Gasteiger partial charge on any atom is -0.437 e. The second-order valence-corrected chi connectivity index (χ2v) is 7.16. The van der Waals surface area contributed by atoms with Crippen LogP contribution in [0.15, 0.2) is 24.5 Å². The summed E-state index contributed by atoms with van der Waals surface area (Å²) in [6.45, 7) is 4.19. The minimum atomic E-state index is -0.956. The third-order valence-corrected chi connectivity index (χ3v) is 5.23. The smallest absolute Gasteiger partial charge is 0.437 e. The van der Waals surface area contributed by atoms with Gasteiger partial charge >= 0.3 is 7.12 Å². The molecule has 2 aromatic rings. The molecule has 0 bridgehead atoms. The molecule has 3 rings (SSSR count). The highest BCUT2D eigenvalue weighted by atomic mass is 16.5. The molecule has 1 aliphatic rings. The van der Waals surface area contributed by atoms with Gasteiger partial charge in [-0.3, -0.25) is 4.79 Å². The van der Waals surface area contributed by atoms with Crippen molar-refractivity contribution in [2.75, 3.05) is 13.7 Å². The molecule has 1 aromatic carbocycles. The normalized spacial score (nSPS) is 13.9. The number of hydrogen-bond donors (Lipinski definition) is 2. The molecule has 0 fully saturated rings. The number of rotatable bonds is 8. The van der Waals surface area contributed by atoms with Crippen LogP contribution in [0.25, 0.3) is 0 Å². The highest BCUT2D eigenvalue weighted by molar-refractivity contribution is 6.62. The first-order valence-electron chi connectivity index (χ1n) is 9.76. The van der Waals surface area contributed by atoms with E-state index in [1.165, 1.54) is 17.3 Å². The maximum Gasteiger partial charge on any atom is 0.492 e. The molecule has 8 nitrogen and oxygen atoms in total. The number of aromatic nitrogens is 2. The van der Waals surface area contributed by atoms with Gasteiger partial charge in [-0.2, -0.15) is 0 Å². The van der Waals surface area contributed by atoms with Gasteiger partial charge in [0.05, 0.1) is 31.6 Å². The number of carbonyl (C=O) groups is 1. The molecule has 0 unspecified atom stereocenters. The number of amides is 1. The summed E-state index contributed by atoms with van der Waals surface area (Å²) in [6.07, 6.45) is 5.41. The Morgan fingerprint density at radius 2 is 2.17 bits per heavy atom. The lowest BCUT2D eigenvalue weighted by Gasteiger charge is -2.26. The number of hydrogen-bond acceptors (Lipinski definition) is 7. The largest absolute Gasteiger partial charge is 0.492 e. The molecule has 154 valence electrons. The number of ether oxygens (including phenoxy) is 1. The number of benzene rings is 1. The van der Waals surface area contributed by atoms with Crippen molar-refractivity contribution in [2.24, 2.45) is 0 Å². The molecule has 0 saturated carbocycles. The van der Waals surface area contributed by atoms with Crippen molar-refractivity contribution < 1.29 is 24.3 Å². The topological polar surface area (TPSA) is 105 Å². The predicted molar refractivity (Wildman–Crippen MR) is 108 cm³/mol. The average Bonchev–Trinajstić information content (AvgIpc) is 3.12. The molecule has 0 spiro atoms. The zero-order valence-electron chi connectivity index (χ0n) is 17.0. The van der Waals surface area contributed by atoms with Gasteiger partial charge in [-0.1, -0.05) is 25.8 Å². The maximum absolute atomic E-state index is 12.6. The molecule has 0 saturated heterocycles. The van der Waals surface area contributed by atoms with Crippen molar-refractivity contribution >= 4 is 18.5 Å². The van der Waals surface area contributed by atoms with Gasteiger partial charge in [0, 0.05) is 7.05 Å². The lowest BCUT2D eigenvalue weighted by atomic mass is 9.76. The quantitative estimate of drug-likeness (QED) is 0.647. The molecule has 1 atom stereocenters. The highest BCUT2D eigenvalue weighted by Crippen LogP contribution is 2.25. The monoisotopic (exact) mass is 399 g/mol. The van der Waals surface area contributed by atoms with Crippen LogP contribution in [0.2, 0.25) is 0 Å². The molecule has 1 amide bonds. The first-order chi connectivity index (χ1) is 14.0. The van der Waals surface area contributed by atoms with Crippen molar-refractivity contribution in [3.63, 3.8) is 0 Å². The maximum atomic E-state index is 12.6. The van der Waals surface area contributed by atoms with Gasteiger partial charge in [0.2, 0.25) is 5.88 Å². The fourth-order valence-corrected chi connectivity index (χ4v) is 3.38. The van der Waals surface area contributed by atoms with E-state index in [2.05, 4.69) is 16.9 Å². The number of nitrogens with zero attached hydrogens (tertiary/aromatic N) is 3. The summed E-state index contributed by atoms with van der Waals surface area (Å²) in [5.74, 6) is 0.484. The van der Waals surface area contributed by atoms with Crippen molar-refractivity contribution in [3.05, 3.63) is 41.3 Å². The van der Waals surface area contributed by atoms with Gasteiger partial charge in [-0.05, 0) is 36.0 Å². The number of unbranched alkanes of at least 4 members (excludes halogenated alkanes) is 1. The van der Waals surface area contributed by atoms with Crippen molar-refractivity contribution in [1.29, 1.82) is 0 Å². The van der Waals surface area contributed by atoms with Crippen LogP contribution in [0.3, 0.4) is 0 Å². The van der Waals surface area contributed by atoms with Crippen molar-refractivity contribution in [1.82, 2.24) is 14.9 Å². The Balaban J connectivity index is 1.71. The molecule has 2 N–H and O–H groups in total. The van der Waals surface area contributed by atoms with Crippen LogP contribution in [-0.2, 0) is 11.3 Å². The summed E-state index contributed by atoms with van der Waals surface area (Å²) in [6, 6.07) is 3.39. The molecule has 0 aliphatic carbocycles. The third kappa shape index (κ3) is 4.58. The van der Waals surface area contributed by atoms with E-state index in [9.17, 15) is 14.9 Å². The van der Waals surface area contributed by atoms with E-state index in [1.54, 1.807) is 13.1 Å². The number of carbonyl (C=O) groups excluding carboxylic acids is 1. The van der Waals surface area contributed by atoms with Crippen LogP contribution < -0.4 is 10.2 Å². The summed E-state index contributed by atoms with van der Waals surface area (Å²) < 4.78 is 11.0. The molecule has 1 aliphatic heterocycles. The van der Waals surface area contributed by atoms with Gasteiger partial charge in [-0.25, -0.2) is 9.97 Å². The average molecular weight is 399 g/mol. The van der Waals surface area contributed by atoms with Gasteiger partial charge in [0.25, 0.3) is 5.91 Å². The Morgan fingerprint density at radius 3 is 2.83 bits per heavy atom. The lowest BCUT2D eigenvalue weighted by Crippen LogP contribution is -2.39. The van der Waals surface area contributed by atoms with Crippen LogP contribution >= 0.6 is 0 Å². The van der Waals surface area contributed by atoms with Crippen LogP contribution in [0.5, 0.6) is 11.6 Å². The Kier molecular flexibility index (Phi) is 6.84. The lowest BCUT2D eigenvalue weighted by molar-refractivity contribution is 0.0638. The van der Waals surface area contributed by atoms with Crippen molar-refractivity contribution in [3.8, 4) is 11.6 Å². The van der Waals surface area contributed by atoms with E-state index in [0.717, 1.165) is 30.4 Å². The zero-order chi connectivity index (χ0) is 21.0. The summed E-state index contributed by atoms with van der Waals surface area (Å²) >= 11 is 0. The first kappa shape index (κ1) is 21.2. The standard InChI is InChI=1S/C20H26BN3O5/c1-4-5-6-15(11-25)24(3)20(26)16-9-23-18(10-22-16)29-17-8-7-14-12-28-21(27)19(14)13(17)2/h7-10,15,25,27H,4-6,11-12H2,1-3H3/t15-/m1/s1. The van der Waals surface area contributed by atoms with Crippen molar-refractivity contribution in [2.45, 2.75) is 45.8 Å². The SMILES string of the molecule is CCCC[C@H](CO)N(C)C(=O)c1cnc(Oc2ccc3c(c2C)B(O)OC3)cn1. The van der Waals surface area contributed by atoms with E-state index in [-0.39, 0.29) is 30.1 Å². The molecular weight excluding hydrogens is 373 g/mol. The highest BCUT2D eigenvalue weighted by Gasteiger charge is 2.30. The van der Waals surface area contributed by atoms with Crippen LogP contribution in [0.1, 0.15) is 47.8 Å².